The van der Waals surface area contributed by atoms with Gasteiger partial charge in [0.2, 0.25) is 5.91 Å². The molecule has 154 valence electrons. The number of carbonyl (C=O) groups excluding carboxylic acids is 1. The molecule has 0 unspecified atom stereocenters. The van der Waals surface area contributed by atoms with Crippen molar-refractivity contribution in [3.8, 4) is 39.3 Å². The van der Waals surface area contributed by atoms with Crippen molar-refractivity contribution in [2.45, 2.75) is 13.8 Å². The molecule has 0 aliphatic heterocycles. The summed E-state index contributed by atoms with van der Waals surface area (Å²) in [6, 6.07) is 21.9. The van der Waals surface area contributed by atoms with E-state index in [2.05, 4.69) is 16.4 Å². The summed E-state index contributed by atoms with van der Waals surface area (Å²) in [6.45, 7) is 3.47. The van der Waals surface area contributed by atoms with Crippen LogP contribution in [0.5, 0.6) is 5.75 Å². The highest BCUT2D eigenvalue weighted by Crippen LogP contribution is 2.33. The molecular weight excluding hydrogens is 386 g/mol. The lowest BCUT2D eigenvalue weighted by Gasteiger charge is -2.13. The van der Waals surface area contributed by atoms with E-state index >= 15 is 0 Å². The van der Waals surface area contributed by atoms with Gasteiger partial charge in [-0.1, -0.05) is 24.3 Å². The molecule has 0 saturated heterocycles. The van der Waals surface area contributed by atoms with Crippen molar-refractivity contribution in [1.82, 2.24) is 9.97 Å². The van der Waals surface area contributed by atoms with Crippen molar-refractivity contribution in [2.75, 3.05) is 12.4 Å². The van der Waals surface area contributed by atoms with E-state index in [1.54, 1.807) is 13.3 Å². The van der Waals surface area contributed by atoms with Crippen LogP contribution in [-0.4, -0.2) is 23.0 Å². The average Bonchev–Trinajstić information content (AvgIpc) is 2.79. The van der Waals surface area contributed by atoms with Crippen LogP contribution in [0.2, 0.25) is 0 Å². The van der Waals surface area contributed by atoms with Gasteiger partial charge < -0.3 is 10.1 Å². The first-order valence-electron chi connectivity index (χ1n) is 9.99. The lowest BCUT2D eigenvalue weighted by Crippen LogP contribution is -2.07. The Balaban J connectivity index is 1.73. The number of amides is 1. The van der Waals surface area contributed by atoms with Crippen LogP contribution >= 0.6 is 0 Å². The molecule has 0 saturated carbocycles. The second-order valence-electron chi connectivity index (χ2n) is 7.29. The van der Waals surface area contributed by atoms with Crippen LogP contribution in [0.1, 0.15) is 12.6 Å². The van der Waals surface area contributed by atoms with E-state index in [0.717, 1.165) is 50.6 Å². The summed E-state index contributed by atoms with van der Waals surface area (Å²) in [4.78, 5) is 20.7. The molecule has 5 nitrogen and oxygen atoms in total. The van der Waals surface area contributed by atoms with Crippen molar-refractivity contribution in [2.24, 2.45) is 0 Å². The third kappa shape index (κ3) is 4.61. The Labute approximate surface area is 181 Å². The number of pyridine rings is 2. The largest absolute Gasteiger partial charge is 0.497 e. The molecule has 0 bridgehead atoms. The third-order valence-electron chi connectivity index (χ3n) is 5.02. The number of carbonyl (C=O) groups is 1. The van der Waals surface area contributed by atoms with E-state index in [1.165, 1.54) is 6.92 Å². The topological polar surface area (TPSA) is 64.1 Å². The van der Waals surface area contributed by atoms with Gasteiger partial charge in [-0.15, -0.1) is 0 Å². The third-order valence-corrected chi connectivity index (χ3v) is 5.02. The molecule has 1 N–H and O–H groups in total. The summed E-state index contributed by atoms with van der Waals surface area (Å²) < 4.78 is 5.23. The maximum Gasteiger partial charge on any atom is 0.221 e. The second-order valence-corrected chi connectivity index (χ2v) is 7.29. The minimum atomic E-state index is -0.122. The molecule has 2 aromatic heterocycles. The number of nitrogens with one attached hydrogen (secondary N) is 1. The number of nitrogens with zero attached hydrogens (tertiary/aromatic N) is 2. The van der Waals surface area contributed by atoms with Gasteiger partial charge in [-0.05, 0) is 66.1 Å². The maximum atomic E-state index is 11.7. The molecule has 0 aliphatic carbocycles. The summed E-state index contributed by atoms with van der Waals surface area (Å²) in [6.07, 6.45) is 3.64. The summed E-state index contributed by atoms with van der Waals surface area (Å²) in [7, 11) is 1.65. The standard InChI is InChI=1S/C26H23N3O2/c1-17-14-21(12-13-27-17)20-6-11-26(29-18(2)30)24(15-20)25-10-7-22(16-28-25)19-4-8-23(31-3)9-5-19/h4-16H,1-3H3,(H,29,30). The molecule has 2 aromatic carbocycles. The molecule has 31 heavy (non-hydrogen) atoms. The Bertz CT molecular complexity index is 1220. The molecule has 0 aliphatic rings. The van der Waals surface area contributed by atoms with Crippen LogP contribution in [0.4, 0.5) is 5.69 Å². The maximum absolute atomic E-state index is 11.7. The van der Waals surface area contributed by atoms with Crippen molar-refractivity contribution in [1.29, 1.82) is 0 Å². The number of anilines is 1. The predicted molar refractivity (Wildman–Crippen MR) is 124 cm³/mol. The Morgan fingerprint density at radius 3 is 2.19 bits per heavy atom. The van der Waals surface area contributed by atoms with Gasteiger partial charge in [-0.25, -0.2) is 0 Å². The van der Waals surface area contributed by atoms with Crippen molar-refractivity contribution < 1.29 is 9.53 Å². The lowest BCUT2D eigenvalue weighted by molar-refractivity contribution is -0.114. The minimum Gasteiger partial charge on any atom is -0.497 e. The first-order chi connectivity index (χ1) is 15.0. The molecule has 5 heteroatoms. The molecule has 0 atom stereocenters. The Hall–Kier alpha value is -3.99. The first kappa shape index (κ1) is 20.3. The van der Waals surface area contributed by atoms with E-state index in [-0.39, 0.29) is 5.91 Å². The van der Waals surface area contributed by atoms with E-state index in [0.29, 0.717) is 0 Å². The number of rotatable bonds is 5. The summed E-state index contributed by atoms with van der Waals surface area (Å²) in [5.41, 5.74) is 7.50. The zero-order valence-electron chi connectivity index (χ0n) is 17.7. The van der Waals surface area contributed by atoms with Crippen molar-refractivity contribution >= 4 is 11.6 Å². The number of hydrogen-bond donors (Lipinski definition) is 1. The zero-order chi connectivity index (χ0) is 21.8. The van der Waals surface area contributed by atoms with Crippen LogP contribution in [0.15, 0.2) is 79.1 Å². The monoisotopic (exact) mass is 409 g/mol. The number of aromatic nitrogens is 2. The predicted octanol–water partition coefficient (Wildman–Crippen LogP) is 5.75. The van der Waals surface area contributed by atoms with Gasteiger partial charge in [0.05, 0.1) is 18.5 Å². The molecule has 1 amide bonds. The molecule has 2 heterocycles. The van der Waals surface area contributed by atoms with Crippen LogP contribution in [0.3, 0.4) is 0 Å². The normalized spacial score (nSPS) is 10.5. The van der Waals surface area contributed by atoms with Crippen molar-refractivity contribution in [3.63, 3.8) is 0 Å². The molecule has 4 aromatic rings. The Kier molecular flexibility index (Phi) is 5.76. The van der Waals surface area contributed by atoms with Gasteiger partial charge in [0.25, 0.3) is 0 Å². The molecule has 4 rings (SSSR count). The quantitative estimate of drug-likeness (QED) is 0.456. The van der Waals surface area contributed by atoms with Crippen LogP contribution in [-0.2, 0) is 4.79 Å². The van der Waals surface area contributed by atoms with Crippen LogP contribution < -0.4 is 10.1 Å². The number of aryl methyl sites for hydroxylation is 1. The zero-order valence-corrected chi connectivity index (χ0v) is 17.7. The summed E-state index contributed by atoms with van der Waals surface area (Å²) >= 11 is 0. The van der Waals surface area contributed by atoms with E-state index < -0.39 is 0 Å². The van der Waals surface area contributed by atoms with Crippen LogP contribution in [0, 0.1) is 6.92 Å². The molecule has 0 fully saturated rings. The first-order valence-corrected chi connectivity index (χ1v) is 9.99. The van der Waals surface area contributed by atoms with Gasteiger partial charge in [0.1, 0.15) is 5.75 Å². The highest BCUT2D eigenvalue weighted by Gasteiger charge is 2.11. The average molecular weight is 409 g/mol. The van der Waals surface area contributed by atoms with E-state index in [4.69, 9.17) is 9.72 Å². The number of benzene rings is 2. The number of methoxy groups -OCH3 is 1. The highest BCUT2D eigenvalue weighted by atomic mass is 16.5. The number of ether oxygens (including phenoxy) is 1. The fourth-order valence-electron chi connectivity index (χ4n) is 3.47. The van der Waals surface area contributed by atoms with Gasteiger partial charge in [0.15, 0.2) is 0 Å². The van der Waals surface area contributed by atoms with Gasteiger partial charge in [0, 0.05) is 36.1 Å². The Morgan fingerprint density at radius 2 is 1.55 bits per heavy atom. The molecule has 0 spiro atoms. The fourth-order valence-corrected chi connectivity index (χ4v) is 3.47. The summed E-state index contributed by atoms with van der Waals surface area (Å²) in [5, 5.41) is 2.92. The Morgan fingerprint density at radius 1 is 0.839 bits per heavy atom. The van der Waals surface area contributed by atoms with Gasteiger partial charge in [-0.3, -0.25) is 14.8 Å². The SMILES string of the molecule is COc1ccc(-c2ccc(-c3cc(-c4ccnc(C)c4)ccc3NC(C)=O)nc2)cc1. The fraction of sp³-hybridized carbons (Fsp3) is 0.115. The van der Waals surface area contributed by atoms with Gasteiger partial charge >= 0.3 is 0 Å². The summed E-state index contributed by atoms with van der Waals surface area (Å²) in [5.74, 6) is 0.694. The van der Waals surface area contributed by atoms with E-state index in [1.807, 2.05) is 73.8 Å². The highest BCUT2D eigenvalue weighted by molar-refractivity contribution is 5.95. The lowest BCUT2D eigenvalue weighted by atomic mass is 9.99. The molecular formula is C26H23N3O2. The van der Waals surface area contributed by atoms with Gasteiger partial charge in [-0.2, -0.15) is 0 Å². The van der Waals surface area contributed by atoms with Crippen LogP contribution in [0.25, 0.3) is 33.5 Å². The van der Waals surface area contributed by atoms with E-state index in [9.17, 15) is 4.79 Å². The molecule has 0 radical (unpaired) electrons. The smallest absolute Gasteiger partial charge is 0.221 e. The second kappa shape index (κ2) is 8.79. The van der Waals surface area contributed by atoms with Crippen molar-refractivity contribution in [3.05, 3.63) is 84.8 Å². The number of hydrogen-bond acceptors (Lipinski definition) is 4. The minimum absolute atomic E-state index is 0.122.